The molecule has 1 aromatic carbocycles. The molecule has 14 heteroatoms. The number of oxazole rings is 1. The minimum atomic E-state index is -0.648. The number of carbonyl (C=O) groups is 1. The number of rotatable bonds is 5. The molecular weight excluding hydrogens is 478 g/mol. The molecule has 1 aliphatic heterocycles. The number of hydrogen-bond acceptors (Lipinski definition) is 12. The van der Waals surface area contributed by atoms with Gasteiger partial charge in [0, 0.05) is 37.6 Å². The molecule has 14 nitrogen and oxygen atoms in total. The molecule has 0 saturated carbocycles. The van der Waals surface area contributed by atoms with Crippen LogP contribution in [0.2, 0.25) is 0 Å². The zero-order chi connectivity index (χ0) is 25.5. The van der Waals surface area contributed by atoms with Crippen LogP contribution in [-0.2, 0) is 6.54 Å². The number of nitrogens with two attached hydrogens (primary N) is 2. The Morgan fingerprint density at radius 2 is 1.92 bits per heavy atom. The van der Waals surface area contributed by atoms with Crippen LogP contribution in [0, 0.1) is 5.92 Å². The highest BCUT2D eigenvalue weighted by Gasteiger charge is 2.25. The number of aromatic nitrogens is 7. The van der Waals surface area contributed by atoms with Crippen LogP contribution < -0.4 is 21.8 Å². The maximum Gasteiger partial charge on any atom is 0.292 e. The van der Waals surface area contributed by atoms with Gasteiger partial charge in [-0.3, -0.25) is 10.0 Å². The third kappa shape index (κ3) is 4.12. The molecule has 4 aromatic heterocycles. The Morgan fingerprint density at radius 3 is 2.68 bits per heavy atom. The molecule has 0 radical (unpaired) electrons. The summed E-state index contributed by atoms with van der Waals surface area (Å²) in [5.41, 5.74) is 17.1. The number of anilines is 3. The normalized spacial score (nSPS) is 14.5. The molecule has 0 bridgehead atoms. The molecular formula is C23H23N11O3. The van der Waals surface area contributed by atoms with E-state index in [-0.39, 0.29) is 11.6 Å². The third-order valence-electron chi connectivity index (χ3n) is 6.57. The van der Waals surface area contributed by atoms with Gasteiger partial charge in [0.15, 0.2) is 11.2 Å². The molecule has 6 N–H and O–H groups in total. The van der Waals surface area contributed by atoms with Crippen LogP contribution >= 0.6 is 0 Å². The van der Waals surface area contributed by atoms with Crippen molar-refractivity contribution in [1.29, 1.82) is 0 Å². The summed E-state index contributed by atoms with van der Waals surface area (Å²) in [6.45, 7) is 2.17. The van der Waals surface area contributed by atoms with E-state index >= 15 is 0 Å². The Hall–Kier alpha value is -4.85. The van der Waals surface area contributed by atoms with Crippen LogP contribution in [-0.4, -0.2) is 58.9 Å². The molecule has 37 heavy (non-hydrogen) atoms. The largest absolute Gasteiger partial charge is 0.424 e. The average molecular weight is 502 g/mol. The topological polar surface area (TPSA) is 200 Å². The molecule has 5 heterocycles. The molecule has 5 aromatic rings. The van der Waals surface area contributed by atoms with Gasteiger partial charge >= 0.3 is 0 Å². The number of nitrogens with zero attached hydrogens (tertiary/aromatic N) is 8. The fourth-order valence-electron chi connectivity index (χ4n) is 4.68. The first kappa shape index (κ1) is 22.6. The highest BCUT2D eigenvalue weighted by Crippen LogP contribution is 2.33. The number of hydrogen-bond donors (Lipinski definition) is 4. The summed E-state index contributed by atoms with van der Waals surface area (Å²) in [7, 11) is 0. The minimum Gasteiger partial charge on any atom is -0.424 e. The van der Waals surface area contributed by atoms with E-state index in [1.54, 1.807) is 11.5 Å². The molecule has 1 aliphatic rings. The number of piperidine rings is 1. The summed E-state index contributed by atoms with van der Waals surface area (Å²) in [5, 5.41) is 14.3. The lowest BCUT2D eigenvalue weighted by atomic mass is 9.97. The molecule has 188 valence electrons. The van der Waals surface area contributed by atoms with E-state index in [1.807, 2.05) is 16.8 Å². The maximum atomic E-state index is 11.5. The summed E-state index contributed by atoms with van der Waals surface area (Å²) in [4.78, 5) is 35.0. The summed E-state index contributed by atoms with van der Waals surface area (Å²) in [6.07, 6.45) is 6.02. The monoisotopic (exact) mass is 501 g/mol. The van der Waals surface area contributed by atoms with Gasteiger partial charge in [0.05, 0.1) is 10.9 Å². The maximum absolute atomic E-state index is 11.5. The van der Waals surface area contributed by atoms with E-state index in [0.29, 0.717) is 52.1 Å². The van der Waals surface area contributed by atoms with Gasteiger partial charge in [0.1, 0.15) is 23.4 Å². The summed E-state index contributed by atoms with van der Waals surface area (Å²) < 4.78 is 7.28. The number of benzene rings is 1. The predicted molar refractivity (Wildman–Crippen MR) is 133 cm³/mol. The first-order chi connectivity index (χ1) is 18.0. The second kappa shape index (κ2) is 8.98. The van der Waals surface area contributed by atoms with Crippen molar-refractivity contribution in [2.75, 3.05) is 29.5 Å². The summed E-state index contributed by atoms with van der Waals surface area (Å²) in [6, 6.07) is 5.66. The first-order valence-corrected chi connectivity index (χ1v) is 11.6. The van der Waals surface area contributed by atoms with Gasteiger partial charge in [-0.15, -0.1) is 0 Å². The average Bonchev–Trinajstić information content (AvgIpc) is 3.48. The van der Waals surface area contributed by atoms with E-state index in [2.05, 4.69) is 29.8 Å². The number of nitrogens with one attached hydrogen (secondary N) is 1. The van der Waals surface area contributed by atoms with E-state index in [1.165, 1.54) is 18.7 Å². The van der Waals surface area contributed by atoms with Crippen molar-refractivity contribution in [2.24, 2.45) is 5.92 Å². The van der Waals surface area contributed by atoms with E-state index in [9.17, 15) is 4.79 Å². The SMILES string of the molecule is Nc1nc2cc(-c3nn(CC4CCN(c5ncc(C(=O)NO)cn5)CC4)c4ncnc(N)c34)ccc2o1. The van der Waals surface area contributed by atoms with Crippen molar-refractivity contribution in [3.05, 3.63) is 42.5 Å². The van der Waals surface area contributed by atoms with Gasteiger partial charge < -0.3 is 20.8 Å². The molecule has 1 fully saturated rings. The number of fused-ring (bicyclic) bond motifs is 2. The van der Waals surface area contributed by atoms with Crippen LogP contribution in [0.4, 0.5) is 17.8 Å². The lowest BCUT2D eigenvalue weighted by Crippen LogP contribution is -2.36. The Kier molecular flexibility index (Phi) is 5.49. The second-order valence-corrected chi connectivity index (χ2v) is 8.87. The summed E-state index contributed by atoms with van der Waals surface area (Å²) in [5.74, 6) is 0.603. The Balaban J connectivity index is 1.22. The van der Waals surface area contributed by atoms with Crippen molar-refractivity contribution in [3.8, 4) is 11.3 Å². The van der Waals surface area contributed by atoms with Crippen LogP contribution in [0.3, 0.4) is 0 Å². The van der Waals surface area contributed by atoms with Gasteiger partial charge in [-0.2, -0.15) is 10.1 Å². The minimum absolute atomic E-state index is 0.105. The fraction of sp³-hybridized carbons (Fsp3) is 0.261. The predicted octanol–water partition coefficient (Wildman–Crippen LogP) is 1.62. The number of carbonyl (C=O) groups excluding carboxylic acids is 1. The van der Waals surface area contributed by atoms with Gasteiger partial charge in [-0.1, -0.05) is 0 Å². The molecule has 6 rings (SSSR count). The van der Waals surface area contributed by atoms with E-state index in [4.69, 9.17) is 26.2 Å². The Bertz CT molecular complexity index is 1600. The van der Waals surface area contributed by atoms with Gasteiger partial charge in [-0.25, -0.2) is 30.1 Å². The fourth-order valence-corrected chi connectivity index (χ4v) is 4.68. The standard InChI is InChI=1S/C23H23N11O3/c24-19-17-18(13-1-2-16-15(7-13)30-22(25)37-16)31-34(20(17)29-11-28-19)10-12-3-5-33(6-4-12)23-26-8-14(9-27-23)21(35)32-36/h1-2,7-9,11-12,36H,3-6,10H2,(H2,25,30)(H,32,35)(H2,24,28,29). The third-order valence-corrected chi connectivity index (χ3v) is 6.57. The molecule has 1 amide bonds. The molecule has 0 aliphatic carbocycles. The van der Waals surface area contributed by atoms with Crippen molar-refractivity contribution in [3.63, 3.8) is 0 Å². The van der Waals surface area contributed by atoms with Crippen molar-refractivity contribution in [2.45, 2.75) is 19.4 Å². The van der Waals surface area contributed by atoms with Crippen molar-refractivity contribution < 1.29 is 14.4 Å². The first-order valence-electron chi connectivity index (χ1n) is 11.6. The lowest BCUT2D eigenvalue weighted by molar-refractivity contribution is 0.0705. The van der Waals surface area contributed by atoms with Crippen molar-refractivity contribution >= 4 is 45.8 Å². The van der Waals surface area contributed by atoms with Crippen molar-refractivity contribution in [1.82, 2.24) is 40.2 Å². The van der Waals surface area contributed by atoms with Crippen LogP contribution in [0.1, 0.15) is 23.2 Å². The quantitative estimate of drug-likeness (QED) is 0.201. The number of amides is 1. The second-order valence-electron chi connectivity index (χ2n) is 8.87. The zero-order valence-electron chi connectivity index (χ0n) is 19.6. The van der Waals surface area contributed by atoms with Crippen LogP contribution in [0.5, 0.6) is 0 Å². The number of hydroxylamine groups is 1. The molecule has 1 saturated heterocycles. The number of nitrogen functional groups attached to an aromatic ring is 2. The van der Waals surface area contributed by atoms with Gasteiger partial charge in [0.25, 0.3) is 11.9 Å². The molecule has 0 atom stereocenters. The van der Waals surface area contributed by atoms with Gasteiger partial charge in [0.2, 0.25) is 5.95 Å². The zero-order valence-corrected chi connectivity index (χ0v) is 19.6. The van der Waals surface area contributed by atoms with E-state index < -0.39 is 5.91 Å². The summed E-state index contributed by atoms with van der Waals surface area (Å²) >= 11 is 0. The van der Waals surface area contributed by atoms with Gasteiger partial charge in [-0.05, 0) is 37.0 Å². The van der Waals surface area contributed by atoms with Crippen LogP contribution in [0.25, 0.3) is 33.4 Å². The highest BCUT2D eigenvalue weighted by atomic mass is 16.5. The van der Waals surface area contributed by atoms with Crippen LogP contribution in [0.15, 0.2) is 41.3 Å². The Morgan fingerprint density at radius 1 is 1.14 bits per heavy atom. The Labute approximate surface area is 209 Å². The smallest absolute Gasteiger partial charge is 0.292 e. The molecule has 0 spiro atoms. The molecule has 0 unspecified atom stereocenters. The van der Waals surface area contributed by atoms with E-state index in [0.717, 1.165) is 31.5 Å². The lowest BCUT2D eigenvalue weighted by Gasteiger charge is -2.31. The highest BCUT2D eigenvalue weighted by molar-refractivity contribution is 5.99.